The smallest absolute Gasteiger partial charge is 0.305 e. The molecule has 5 nitrogen and oxygen atoms in total. The third kappa shape index (κ3) is 7.70. The van der Waals surface area contributed by atoms with Gasteiger partial charge in [-0.15, -0.1) is 0 Å². The van der Waals surface area contributed by atoms with E-state index in [-0.39, 0.29) is 17.7 Å². The minimum Gasteiger partial charge on any atom is -0.481 e. The number of aliphatic carboxylic acids is 1. The molecule has 21 heavy (non-hydrogen) atoms. The van der Waals surface area contributed by atoms with Crippen molar-refractivity contribution in [2.75, 3.05) is 0 Å². The van der Waals surface area contributed by atoms with E-state index in [2.05, 4.69) is 21.2 Å². The van der Waals surface area contributed by atoms with Crippen LogP contribution in [0, 0.1) is 5.41 Å². The third-order valence-corrected chi connectivity index (χ3v) is 3.05. The molecule has 0 bridgehead atoms. The zero-order valence-corrected chi connectivity index (χ0v) is 13.9. The van der Waals surface area contributed by atoms with Gasteiger partial charge in [0.05, 0.1) is 6.42 Å². The molecule has 0 aliphatic heterocycles. The summed E-state index contributed by atoms with van der Waals surface area (Å²) in [7, 11) is 0. The van der Waals surface area contributed by atoms with Crippen LogP contribution < -0.4 is 5.32 Å². The molecule has 0 radical (unpaired) electrons. The summed E-state index contributed by atoms with van der Waals surface area (Å²) in [4.78, 5) is 22.7. The predicted octanol–water partition coefficient (Wildman–Crippen LogP) is 3.45. The predicted molar refractivity (Wildman–Crippen MR) is 83.7 cm³/mol. The second kappa shape index (κ2) is 7.45. The van der Waals surface area contributed by atoms with Crippen LogP contribution in [-0.4, -0.2) is 23.0 Å². The highest BCUT2D eigenvalue weighted by Crippen LogP contribution is 2.22. The van der Waals surface area contributed by atoms with Crippen LogP contribution in [0.1, 0.15) is 39.4 Å². The fraction of sp³-hybridized carbons (Fsp3) is 0.467. The molecular formula is C15H20BrNO4. The van der Waals surface area contributed by atoms with Gasteiger partial charge in [0.25, 0.3) is 0 Å². The SMILES string of the molecule is CC(C)(C)CC(CC(=O)O)NC(=O)/C=C/c1ccc(Br)o1. The number of amides is 1. The van der Waals surface area contributed by atoms with E-state index in [1.54, 1.807) is 12.1 Å². The van der Waals surface area contributed by atoms with Gasteiger partial charge in [-0.05, 0) is 46.0 Å². The highest BCUT2D eigenvalue weighted by Gasteiger charge is 2.22. The molecule has 0 aliphatic rings. The summed E-state index contributed by atoms with van der Waals surface area (Å²) >= 11 is 3.17. The van der Waals surface area contributed by atoms with E-state index in [9.17, 15) is 9.59 Å². The Morgan fingerprint density at radius 3 is 2.57 bits per heavy atom. The zero-order valence-electron chi connectivity index (χ0n) is 12.4. The number of rotatable bonds is 6. The molecule has 0 aliphatic carbocycles. The maximum absolute atomic E-state index is 11.9. The van der Waals surface area contributed by atoms with Crippen LogP contribution in [0.5, 0.6) is 0 Å². The number of hydrogen-bond acceptors (Lipinski definition) is 3. The Balaban J connectivity index is 2.62. The average molecular weight is 358 g/mol. The highest BCUT2D eigenvalue weighted by molar-refractivity contribution is 9.10. The lowest BCUT2D eigenvalue weighted by atomic mass is 9.87. The highest BCUT2D eigenvalue weighted by atomic mass is 79.9. The van der Waals surface area contributed by atoms with Gasteiger partial charge in [0.1, 0.15) is 5.76 Å². The van der Waals surface area contributed by atoms with Crippen molar-refractivity contribution < 1.29 is 19.1 Å². The second-order valence-corrected chi connectivity index (χ2v) is 6.82. The number of carboxylic acid groups (broad SMARTS) is 1. The minimum absolute atomic E-state index is 0.0665. The van der Waals surface area contributed by atoms with Gasteiger partial charge >= 0.3 is 5.97 Å². The van der Waals surface area contributed by atoms with Crippen LogP contribution in [0.15, 0.2) is 27.3 Å². The molecule has 0 aromatic carbocycles. The Kier molecular flexibility index (Phi) is 6.20. The van der Waals surface area contributed by atoms with Crippen molar-refractivity contribution in [2.24, 2.45) is 5.41 Å². The van der Waals surface area contributed by atoms with Crippen LogP contribution in [0.3, 0.4) is 0 Å². The normalized spacial score (nSPS) is 13.3. The molecule has 1 heterocycles. The summed E-state index contributed by atoms with van der Waals surface area (Å²) in [6.45, 7) is 6.01. The Labute approximate surface area is 132 Å². The van der Waals surface area contributed by atoms with Crippen LogP contribution >= 0.6 is 15.9 Å². The summed E-state index contributed by atoms with van der Waals surface area (Å²) in [5.41, 5.74) is -0.0665. The lowest BCUT2D eigenvalue weighted by Crippen LogP contribution is -2.38. The van der Waals surface area contributed by atoms with Crippen molar-refractivity contribution in [3.8, 4) is 0 Å². The molecule has 0 fully saturated rings. The average Bonchev–Trinajstić information content (AvgIpc) is 2.69. The Morgan fingerprint density at radius 2 is 2.10 bits per heavy atom. The first-order valence-electron chi connectivity index (χ1n) is 6.61. The van der Waals surface area contributed by atoms with Crippen LogP contribution in [-0.2, 0) is 9.59 Å². The first-order valence-corrected chi connectivity index (χ1v) is 7.41. The molecule has 1 atom stereocenters. The molecule has 116 valence electrons. The molecule has 0 saturated carbocycles. The number of furan rings is 1. The second-order valence-electron chi connectivity index (χ2n) is 6.04. The van der Waals surface area contributed by atoms with Gasteiger partial charge in [-0.2, -0.15) is 0 Å². The molecular weight excluding hydrogens is 338 g/mol. The minimum atomic E-state index is -0.927. The van der Waals surface area contributed by atoms with E-state index >= 15 is 0 Å². The van der Waals surface area contributed by atoms with Crippen LogP contribution in [0.25, 0.3) is 6.08 Å². The van der Waals surface area contributed by atoms with Crippen molar-refractivity contribution in [3.63, 3.8) is 0 Å². The molecule has 2 N–H and O–H groups in total. The molecule has 1 aromatic rings. The van der Waals surface area contributed by atoms with Crippen molar-refractivity contribution in [1.29, 1.82) is 0 Å². The Hall–Kier alpha value is -1.56. The van der Waals surface area contributed by atoms with E-state index in [1.165, 1.54) is 12.2 Å². The van der Waals surface area contributed by atoms with Crippen molar-refractivity contribution in [2.45, 2.75) is 39.7 Å². The first kappa shape index (κ1) is 17.5. The number of hydrogen-bond donors (Lipinski definition) is 2. The summed E-state index contributed by atoms with van der Waals surface area (Å²) in [6, 6.07) is 3.05. The van der Waals surface area contributed by atoms with Crippen LogP contribution in [0.4, 0.5) is 0 Å². The van der Waals surface area contributed by atoms with Crippen molar-refractivity contribution >= 4 is 33.9 Å². The quantitative estimate of drug-likeness (QED) is 0.764. The number of halogens is 1. The number of carbonyl (C=O) groups excluding carboxylic acids is 1. The maximum atomic E-state index is 11.9. The number of carboxylic acids is 1. The fourth-order valence-corrected chi connectivity index (χ4v) is 2.27. The Morgan fingerprint density at radius 1 is 1.43 bits per heavy atom. The lowest BCUT2D eigenvalue weighted by molar-refractivity contribution is -0.137. The van der Waals surface area contributed by atoms with Gasteiger partial charge < -0.3 is 14.8 Å². The van der Waals surface area contributed by atoms with Gasteiger partial charge in [-0.25, -0.2) is 0 Å². The van der Waals surface area contributed by atoms with Gasteiger partial charge in [0.15, 0.2) is 4.67 Å². The van der Waals surface area contributed by atoms with E-state index in [0.717, 1.165) is 0 Å². The van der Waals surface area contributed by atoms with Crippen molar-refractivity contribution in [1.82, 2.24) is 5.32 Å². The molecule has 6 heteroatoms. The monoisotopic (exact) mass is 357 g/mol. The summed E-state index contributed by atoms with van der Waals surface area (Å²) < 4.78 is 5.82. The summed E-state index contributed by atoms with van der Waals surface area (Å²) in [6.07, 6.45) is 3.37. The zero-order chi connectivity index (χ0) is 16.0. The van der Waals surface area contributed by atoms with Gasteiger partial charge in [-0.3, -0.25) is 9.59 Å². The van der Waals surface area contributed by atoms with E-state index in [0.29, 0.717) is 16.9 Å². The summed E-state index contributed by atoms with van der Waals surface area (Å²) in [5.74, 6) is -0.718. The lowest BCUT2D eigenvalue weighted by Gasteiger charge is -2.25. The van der Waals surface area contributed by atoms with Gasteiger partial charge in [0.2, 0.25) is 5.91 Å². The molecule has 1 rings (SSSR count). The summed E-state index contributed by atoms with van der Waals surface area (Å²) in [5, 5.41) is 11.6. The van der Waals surface area contributed by atoms with E-state index < -0.39 is 12.0 Å². The Bertz CT molecular complexity index is 528. The van der Waals surface area contributed by atoms with Crippen molar-refractivity contribution in [3.05, 3.63) is 28.6 Å². The molecule has 1 amide bonds. The largest absolute Gasteiger partial charge is 0.481 e. The molecule has 0 saturated heterocycles. The van der Waals surface area contributed by atoms with E-state index in [4.69, 9.17) is 9.52 Å². The number of carbonyl (C=O) groups is 2. The third-order valence-electron chi connectivity index (χ3n) is 2.62. The number of nitrogens with one attached hydrogen (secondary N) is 1. The van der Waals surface area contributed by atoms with Gasteiger partial charge in [0, 0.05) is 12.1 Å². The maximum Gasteiger partial charge on any atom is 0.305 e. The van der Waals surface area contributed by atoms with Gasteiger partial charge in [-0.1, -0.05) is 20.8 Å². The molecule has 1 aromatic heterocycles. The fourth-order valence-electron chi connectivity index (χ4n) is 1.95. The van der Waals surface area contributed by atoms with E-state index in [1.807, 2.05) is 20.8 Å². The van der Waals surface area contributed by atoms with Crippen LogP contribution in [0.2, 0.25) is 0 Å². The first-order chi connectivity index (χ1) is 9.65. The molecule has 0 spiro atoms. The standard InChI is InChI=1S/C15H20BrNO4/c1-15(2,3)9-10(8-14(19)20)17-13(18)7-5-11-4-6-12(16)21-11/h4-7,10H,8-9H2,1-3H3,(H,17,18)(H,19,20)/b7-5+. The topological polar surface area (TPSA) is 79.5 Å². The molecule has 1 unspecified atom stereocenters.